The Labute approximate surface area is 160 Å². The summed E-state index contributed by atoms with van der Waals surface area (Å²) in [5.74, 6) is 0.164. The first-order valence-corrected chi connectivity index (χ1v) is 12.0. The van der Waals surface area contributed by atoms with E-state index in [9.17, 15) is 13.2 Å². The second-order valence-corrected chi connectivity index (χ2v) is 10.2. The Hall–Kier alpha value is -1.34. The van der Waals surface area contributed by atoms with Crippen molar-refractivity contribution in [2.45, 2.75) is 57.7 Å². The van der Waals surface area contributed by atoms with Crippen LogP contribution in [0, 0.1) is 0 Å². The van der Waals surface area contributed by atoms with Gasteiger partial charge in [-0.05, 0) is 30.4 Å². The van der Waals surface area contributed by atoms with Crippen molar-refractivity contribution in [3.8, 4) is 0 Å². The monoisotopic (exact) mass is 394 g/mol. The molecule has 2 aliphatic heterocycles. The third-order valence-electron chi connectivity index (χ3n) is 4.96. The van der Waals surface area contributed by atoms with Crippen molar-refractivity contribution in [2.24, 2.45) is 4.99 Å². The van der Waals surface area contributed by atoms with Crippen molar-refractivity contribution in [2.75, 3.05) is 16.4 Å². The molecule has 2 heterocycles. The highest BCUT2D eigenvalue weighted by molar-refractivity contribution is 8.16. The first-order valence-electron chi connectivity index (χ1n) is 9.28. The van der Waals surface area contributed by atoms with E-state index in [4.69, 9.17) is 0 Å². The number of hydrogen-bond acceptors (Lipinski definition) is 4. The SMILES string of the molecule is CCCC(=O)N=C1SC2CS(=O)(=O)CC2N1c1c(CC)cccc1CC. The zero-order chi connectivity index (χ0) is 18.9. The smallest absolute Gasteiger partial charge is 0.248 e. The van der Waals surface area contributed by atoms with Gasteiger partial charge < -0.3 is 4.90 Å². The maximum Gasteiger partial charge on any atom is 0.248 e. The minimum Gasteiger partial charge on any atom is -0.315 e. The largest absolute Gasteiger partial charge is 0.315 e. The normalized spacial score (nSPS) is 25.7. The summed E-state index contributed by atoms with van der Waals surface area (Å²) < 4.78 is 24.4. The fraction of sp³-hybridized carbons (Fsp3) is 0.579. The molecule has 26 heavy (non-hydrogen) atoms. The zero-order valence-corrected chi connectivity index (χ0v) is 17.2. The number of aliphatic imine (C=N–C) groups is 1. The summed E-state index contributed by atoms with van der Waals surface area (Å²) in [7, 11) is -3.05. The van der Waals surface area contributed by atoms with Gasteiger partial charge in [0.25, 0.3) is 0 Å². The van der Waals surface area contributed by atoms with Crippen LogP contribution in [0.2, 0.25) is 0 Å². The van der Waals surface area contributed by atoms with Gasteiger partial charge in [-0.1, -0.05) is 50.7 Å². The number of amidine groups is 1. The van der Waals surface area contributed by atoms with E-state index in [1.807, 2.05) is 13.0 Å². The third kappa shape index (κ3) is 3.69. The van der Waals surface area contributed by atoms with Crippen molar-refractivity contribution in [3.63, 3.8) is 0 Å². The van der Waals surface area contributed by atoms with Gasteiger partial charge in [-0.2, -0.15) is 4.99 Å². The molecule has 1 amide bonds. The molecule has 2 atom stereocenters. The van der Waals surface area contributed by atoms with Gasteiger partial charge in [0.2, 0.25) is 5.91 Å². The van der Waals surface area contributed by atoms with Crippen LogP contribution in [-0.2, 0) is 27.5 Å². The molecule has 142 valence electrons. The van der Waals surface area contributed by atoms with Crippen LogP contribution in [0.5, 0.6) is 0 Å². The second-order valence-electron chi connectivity index (χ2n) is 6.84. The van der Waals surface area contributed by atoms with Gasteiger partial charge in [-0.15, -0.1) is 0 Å². The van der Waals surface area contributed by atoms with Crippen LogP contribution in [0.1, 0.15) is 44.7 Å². The number of sulfone groups is 1. The predicted octanol–water partition coefficient (Wildman–Crippen LogP) is 3.21. The summed E-state index contributed by atoms with van der Waals surface area (Å²) in [5, 5.41) is 0.617. The Morgan fingerprint density at radius 2 is 1.85 bits per heavy atom. The average molecular weight is 395 g/mol. The van der Waals surface area contributed by atoms with Crippen LogP contribution in [0.25, 0.3) is 0 Å². The molecule has 2 unspecified atom stereocenters. The number of benzene rings is 1. The van der Waals surface area contributed by atoms with Crippen molar-refractivity contribution < 1.29 is 13.2 Å². The number of carbonyl (C=O) groups is 1. The highest BCUT2D eigenvalue weighted by Crippen LogP contribution is 2.43. The highest BCUT2D eigenvalue weighted by Gasteiger charge is 2.50. The van der Waals surface area contributed by atoms with E-state index in [1.165, 1.54) is 22.9 Å². The minimum absolute atomic E-state index is 0.0530. The van der Waals surface area contributed by atoms with E-state index in [2.05, 4.69) is 35.9 Å². The second kappa shape index (κ2) is 7.72. The Morgan fingerprint density at radius 3 is 2.42 bits per heavy atom. The standard InChI is InChI=1S/C19H26N2O3S2/c1-4-8-17(22)20-19-21(15-11-26(23,24)12-16(15)25-19)18-13(5-2)9-7-10-14(18)6-3/h7,9-10,15-16H,4-6,8,11-12H2,1-3H3. The molecular formula is C19H26N2O3S2. The molecule has 2 fully saturated rings. The molecule has 1 aromatic rings. The van der Waals surface area contributed by atoms with Crippen LogP contribution in [0.15, 0.2) is 23.2 Å². The van der Waals surface area contributed by atoms with Gasteiger partial charge >= 0.3 is 0 Å². The molecule has 3 rings (SSSR count). The lowest BCUT2D eigenvalue weighted by molar-refractivity contribution is -0.117. The van der Waals surface area contributed by atoms with E-state index in [-0.39, 0.29) is 28.7 Å². The molecule has 2 aliphatic rings. The van der Waals surface area contributed by atoms with Gasteiger partial charge in [0.1, 0.15) is 0 Å². The fourth-order valence-electron chi connectivity index (χ4n) is 3.73. The van der Waals surface area contributed by atoms with Crippen LogP contribution < -0.4 is 4.90 Å². The Morgan fingerprint density at radius 1 is 1.19 bits per heavy atom. The molecule has 0 saturated carbocycles. The van der Waals surface area contributed by atoms with Gasteiger partial charge in [0, 0.05) is 17.4 Å². The lowest BCUT2D eigenvalue weighted by Gasteiger charge is -2.29. The molecule has 0 radical (unpaired) electrons. The quantitative estimate of drug-likeness (QED) is 0.767. The Kier molecular flexibility index (Phi) is 5.77. The molecule has 2 saturated heterocycles. The summed E-state index contributed by atoms with van der Waals surface area (Å²) >= 11 is 1.45. The molecule has 0 N–H and O–H groups in total. The van der Waals surface area contributed by atoms with E-state index < -0.39 is 9.84 Å². The maximum atomic E-state index is 12.2. The molecule has 0 spiro atoms. The number of hydrogen-bond donors (Lipinski definition) is 0. The number of carbonyl (C=O) groups excluding carboxylic acids is 1. The summed E-state index contributed by atoms with van der Waals surface area (Å²) in [6, 6.07) is 6.07. The van der Waals surface area contributed by atoms with Gasteiger partial charge in [0.05, 0.1) is 17.5 Å². The zero-order valence-electron chi connectivity index (χ0n) is 15.6. The lowest BCUT2D eigenvalue weighted by Crippen LogP contribution is -2.39. The van der Waals surface area contributed by atoms with Crippen LogP contribution in [-0.4, -0.2) is 42.3 Å². The van der Waals surface area contributed by atoms with Crippen LogP contribution in [0.3, 0.4) is 0 Å². The van der Waals surface area contributed by atoms with Gasteiger partial charge in [-0.3, -0.25) is 4.79 Å². The summed E-state index contributed by atoms with van der Waals surface area (Å²) in [4.78, 5) is 18.6. The van der Waals surface area contributed by atoms with E-state index in [0.29, 0.717) is 11.6 Å². The van der Waals surface area contributed by atoms with Crippen molar-refractivity contribution in [3.05, 3.63) is 29.3 Å². The third-order valence-corrected chi connectivity index (χ3v) is 8.17. The number of para-hydroxylation sites is 1. The number of nitrogens with zero attached hydrogens (tertiary/aromatic N) is 2. The average Bonchev–Trinajstić information content (AvgIpc) is 3.05. The van der Waals surface area contributed by atoms with Crippen LogP contribution in [0.4, 0.5) is 5.69 Å². The lowest BCUT2D eigenvalue weighted by atomic mass is 10.0. The van der Waals surface area contributed by atoms with E-state index in [0.717, 1.165) is 24.9 Å². The summed E-state index contributed by atoms with van der Waals surface area (Å²) in [6.45, 7) is 6.16. The first kappa shape index (κ1) is 19.4. The summed E-state index contributed by atoms with van der Waals surface area (Å²) in [6.07, 6.45) is 2.88. The minimum atomic E-state index is -3.05. The van der Waals surface area contributed by atoms with Crippen LogP contribution >= 0.6 is 11.8 Å². The molecule has 0 aromatic heterocycles. The van der Waals surface area contributed by atoms with Crippen molar-refractivity contribution >= 4 is 38.4 Å². The highest BCUT2D eigenvalue weighted by atomic mass is 32.2. The molecule has 5 nitrogen and oxygen atoms in total. The molecule has 7 heteroatoms. The van der Waals surface area contributed by atoms with Crippen molar-refractivity contribution in [1.82, 2.24) is 0 Å². The Balaban J connectivity index is 2.11. The maximum absolute atomic E-state index is 12.2. The summed E-state index contributed by atoms with van der Waals surface area (Å²) in [5.41, 5.74) is 3.40. The predicted molar refractivity (Wildman–Crippen MR) is 109 cm³/mol. The number of aryl methyl sites for hydroxylation is 2. The van der Waals surface area contributed by atoms with Gasteiger partial charge in [-0.25, -0.2) is 8.42 Å². The fourth-order valence-corrected chi connectivity index (χ4v) is 7.64. The number of rotatable bonds is 5. The Bertz CT molecular complexity index is 811. The van der Waals surface area contributed by atoms with Gasteiger partial charge in [0.15, 0.2) is 15.0 Å². The number of anilines is 1. The molecule has 0 aliphatic carbocycles. The first-order chi connectivity index (χ1) is 12.4. The molecular weight excluding hydrogens is 368 g/mol. The number of thioether (sulfide) groups is 1. The number of amides is 1. The van der Waals surface area contributed by atoms with E-state index >= 15 is 0 Å². The molecule has 0 bridgehead atoms. The van der Waals surface area contributed by atoms with Crippen molar-refractivity contribution in [1.29, 1.82) is 0 Å². The topological polar surface area (TPSA) is 66.8 Å². The molecule has 1 aromatic carbocycles. The number of fused-ring (bicyclic) bond motifs is 1. The van der Waals surface area contributed by atoms with E-state index in [1.54, 1.807) is 0 Å².